The number of benzene rings is 1. The number of carboxylic acids is 1. The summed E-state index contributed by atoms with van der Waals surface area (Å²) in [6, 6.07) is 4.49. The smallest absolute Gasteiger partial charge is 0.335 e. The number of carbonyl (C=O) groups excluding carboxylic acids is 1. The van der Waals surface area contributed by atoms with Crippen molar-refractivity contribution in [1.29, 1.82) is 0 Å². The van der Waals surface area contributed by atoms with Crippen LogP contribution >= 0.6 is 27.3 Å². The molecule has 2 N–H and O–H groups in total. The number of thiazole rings is 1. The predicted octanol–water partition coefficient (Wildman–Crippen LogP) is 2.86. The number of anilines is 1. The van der Waals surface area contributed by atoms with Gasteiger partial charge in [-0.1, -0.05) is 15.9 Å². The van der Waals surface area contributed by atoms with Crippen LogP contribution < -0.4 is 5.32 Å². The minimum Gasteiger partial charge on any atom is -0.478 e. The summed E-state index contributed by atoms with van der Waals surface area (Å²) in [5, 5.41) is 11.5. The second-order valence-electron chi connectivity index (χ2n) is 3.35. The molecule has 2 rings (SSSR count). The van der Waals surface area contributed by atoms with Crippen LogP contribution in [0.15, 0.2) is 34.4 Å². The van der Waals surface area contributed by atoms with E-state index in [4.69, 9.17) is 5.11 Å². The average Bonchev–Trinajstić information content (AvgIpc) is 2.81. The highest BCUT2D eigenvalue weighted by Crippen LogP contribution is 2.20. The second-order valence-corrected chi connectivity index (χ2v) is 5.16. The molecule has 0 saturated heterocycles. The van der Waals surface area contributed by atoms with E-state index in [9.17, 15) is 9.59 Å². The van der Waals surface area contributed by atoms with Gasteiger partial charge in [0.05, 0.1) is 17.3 Å². The zero-order valence-electron chi connectivity index (χ0n) is 8.88. The van der Waals surface area contributed by atoms with Gasteiger partial charge in [-0.05, 0) is 18.2 Å². The summed E-state index contributed by atoms with van der Waals surface area (Å²) in [4.78, 5) is 26.9. The van der Waals surface area contributed by atoms with Gasteiger partial charge in [-0.3, -0.25) is 9.78 Å². The van der Waals surface area contributed by atoms with E-state index in [1.54, 1.807) is 11.6 Å². The summed E-state index contributed by atoms with van der Waals surface area (Å²) in [6.07, 6.45) is 1.45. The molecule has 0 unspecified atom stereocenters. The van der Waals surface area contributed by atoms with Crippen LogP contribution in [-0.2, 0) is 0 Å². The number of amides is 1. The standard InChI is InChI=1S/C11H7BrN2O3S/c12-7-1-6(11(16)17)2-8(3-7)14-10(15)9-4-13-5-18-9/h1-5H,(H,14,15)(H,16,17). The molecule has 18 heavy (non-hydrogen) atoms. The zero-order valence-corrected chi connectivity index (χ0v) is 11.3. The second kappa shape index (κ2) is 5.28. The molecule has 7 heteroatoms. The molecule has 0 fully saturated rings. The molecule has 0 atom stereocenters. The molecule has 0 aliphatic heterocycles. The summed E-state index contributed by atoms with van der Waals surface area (Å²) in [5.41, 5.74) is 2.07. The van der Waals surface area contributed by atoms with Gasteiger partial charge in [-0.25, -0.2) is 4.79 Å². The Bertz CT molecular complexity index is 598. The first-order chi connectivity index (χ1) is 8.56. The molecule has 1 aromatic carbocycles. The fourth-order valence-electron chi connectivity index (χ4n) is 1.31. The molecule has 0 aliphatic carbocycles. The molecule has 0 radical (unpaired) electrons. The van der Waals surface area contributed by atoms with Crippen LogP contribution in [-0.4, -0.2) is 22.0 Å². The number of aromatic carboxylic acids is 1. The van der Waals surface area contributed by atoms with Gasteiger partial charge in [0.1, 0.15) is 4.88 Å². The highest BCUT2D eigenvalue weighted by Gasteiger charge is 2.10. The third-order valence-electron chi connectivity index (χ3n) is 2.06. The van der Waals surface area contributed by atoms with Crippen molar-refractivity contribution in [3.63, 3.8) is 0 Å². The maximum Gasteiger partial charge on any atom is 0.335 e. The van der Waals surface area contributed by atoms with E-state index in [0.717, 1.165) is 0 Å². The van der Waals surface area contributed by atoms with E-state index in [0.29, 0.717) is 15.0 Å². The number of halogens is 1. The number of hydrogen-bond acceptors (Lipinski definition) is 4. The summed E-state index contributed by atoms with van der Waals surface area (Å²) in [5.74, 6) is -1.36. The van der Waals surface area contributed by atoms with E-state index in [1.165, 1.54) is 29.7 Å². The van der Waals surface area contributed by atoms with Gasteiger partial charge in [0, 0.05) is 10.2 Å². The first kappa shape index (κ1) is 12.7. The van der Waals surface area contributed by atoms with Gasteiger partial charge >= 0.3 is 5.97 Å². The number of nitrogens with zero attached hydrogens (tertiary/aromatic N) is 1. The predicted molar refractivity (Wildman–Crippen MR) is 71.2 cm³/mol. The molecule has 1 aromatic heterocycles. The number of nitrogens with one attached hydrogen (secondary N) is 1. The lowest BCUT2D eigenvalue weighted by atomic mass is 10.2. The Hall–Kier alpha value is -1.73. The molecule has 1 heterocycles. The van der Waals surface area contributed by atoms with Crippen molar-refractivity contribution >= 4 is 44.8 Å². The highest BCUT2D eigenvalue weighted by atomic mass is 79.9. The van der Waals surface area contributed by atoms with Gasteiger partial charge in [-0.15, -0.1) is 11.3 Å². The molecule has 92 valence electrons. The largest absolute Gasteiger partial charge is 0.478 e. The summed E-state index contributed by atoms with van der Waals surface area (Å²) >= 11 is 4.41. The van der Waals surface area contributed by atoms with E-state index in [1.807, 2.05) is 0 Å². The summed E-state index contributed by atoms with van der Waals surface area (Å²) in [7, 11) is 0. The quantitative estimate of drug-likeness (QED) is 0.908. The van der Waals surface area contributed by atoms with Crippen molar-refractivity contribution in [3.8, 4) is 0 Å². The number of rotatable bonds is 3. The highest BCUT2D eigenvalue weighted by molar-refractivity contribution is 9.10. The Balaban J connectivity index is 2.24. The molecule has 0 bridgehead atoms. The fourth-order valence-corrected chi connectivity index (χ4v) is 2.31. The lowest BCUT2D eigenvalue weighted by Crippen LogP contribution is -2.11. The normalized spacial score (nSPS) is 10.1. The van der Waals surface area contributed by atoms with Crippen LogP contribution in [0.2, 0.25) is 0 Å². The molecule has 0 spiro atoms. The van der Waals surface area contributed by atoms with Crippen LogP contribution in [0.1, 0.15) is 20.0 Å². The van der Waals surface area contributed by atoms with Crippen molar-refractivity contribution < 1.29 is 14.7 Å². The molecule has 2 aromatic rings. The van der Waals surface area contributed by atoms with Gasteiger partial charge in [-0.2, -0.15) is 0 Å². The lowest BCUT2D eigenvalue weighted by molar-refractivity contribution is 0.0696. The number of aromatic nitrogens is 1. The first-order valence-corrected chi connectivity index (χ1v) is 6.47. The average molecular weight is 327 g/mol. The molecule has 5 nitrogen and oxygen atoms in total. The zero-order chi connectivity index (χ0) is 13.1. The van der Waals surface area contributed by atoms with E-state index in [-0.39, 0.29) is 11.5 Å². The molecule has 1 amide bonds. The maximum absolute atomic E-state index is 11.8. The maximum atomic E-state index is 11.8. The van der Waals surface area contributed by atoms with Crippen molar-refractivity contribution in [2.75, 3.05) is 5.32 Å². The Morgan fingerprint density at radius 3 is 2.72 bits per heavy atom. The Morgan fingerprint density at radius 1 is 1.33 bits per heavy atom. The van der Waals surface area contributed by atoms with Gasteiger partial charge in [0.25, 0.3) is 5.91 Å². The minimum atomic E-state index is -1.05. The van der Waals surface area contributed by atoms with Gasteiger partial charge in [0.15, 0.2) is 0 Å². The first-order valence-electron chi connectivity index (χ1n) is 4.80. The topological polar surface area (TPSA) is 79.3 Å². The monoisotopic (exact) mass is 326 g/mol. The van der Waals surface area contributed by atoms with E-state index < -0.39 is 5.97 Å². The summed E-state index contributed by atoms with van der Waals surface area (Å²) in [6.45, 7) is 0. The molecule has 0 saturated carbocycles. The number of carboxylic acid groups (broad SMARTS) is 1. The van der Waals surface area contributed by atoms with Gasteiger partial charge in [0.2, 0.25) is 0 Å². The Labute approximate surface area is 115 Å². The van der Waals surface area contributed by atoms with Crippen molar-refractivity contribution in [2.45, 2.75) is 0 Å². The van der Waals surface area contributed by atoms with Crippen molar-refractivity contribution in [2.24, 2.45) is 0 Å². The number of hydrogen-bond donors (Lipinski definition) is 2. The van der Waals surface area contributed by atoms with Crippen molar-refractivity contribution in [1.82, 2.24) is 4.98 Å². The third-order valence-corrected chi connectivity index (χ3v) is 3.29. The van der Waals surface area contributed by atoms with Crippen LogP contribution in [0.4, 0.5) is 5.69 Å². The molecular weight excluding hydrogens is 320 g/mol. The van der Waals surface area contributed by atoms with Crippen LogP contribution in [0, 0.1) is 0 Å². The van der Waals surface area contributed by atoms with E-state index >= 15 is 0 Å². The summed E-state index contributed by atoms with van der Waals surface area (Å²) < 4.78 is 0.585. The SMILES string of the molecule is O=C(O)c1cc(Br)cc(NC(=O)c2cncs2)c1. The van der Waals surface area contributed by atoms with Crippen molar-refractivity contribution in [3.05, 3.63) is 44.8 Å². The van der Waals surface area contributed by atoms with E-state index in [2.05, 4.69) is 26.2 Å². The number of carbonyl (C=O) groups is 2. The molecular formula is C11H7BrN2O3S. The fraction of sp³-hybridized carbons (Fsp3) is 0. The lowest BCUT2D eigenvalue weighted by Gasteiger charge is -2.05. The Kier molecular flexibility index (Phi) is 3.73. The minimum absolute atomic E-state index is 0.101. The third kappa shape index (κ3) is 2.93. The Morgan fingerprint density at radius 2 is 2.11 bits per heavy atom. The van der Waals surface area contributed by atoms with Crippen LogP contribution in [0.25, 0.3) is 0 Å². The van der Waals surface area contributed by atoms with Crippen LogP contribution in [0.5, 0.6) is 0 Å². The van der Waals surface area contributed by atoms with Crippen LogP contribution in [0.3, 0.4) is 0 Å². The molecule has 0 aliphatic rings. The van der Waals surface area contributed by atoms with Gasteiger partial charge < -0.3 is 10.4 Å².